The number of hydrogen-bond donors (Lipinski definition) is 7. The summed E-state index contributed by atoms with van der Waals surface area (Å²) in [5, 5.41) is 35.0. The highest BCUT2D eigenvalue weighted by molar-refractivity contribution is 5.94. The quantitative estimate of drug-likeness (QED) is 0.106. The van der Waals surface area contributed by atoms with Crippen LogP contribution in [0.15, 0.2) is 66.7 Å². The first kappa shape index (κ1) is 37.4. The number of alkyl carbamates (subject to hydrolysis) is 1. The highest BCUT2D eigenvalue weighted by Crippen LogP contribution is 2.44. The Morgan fingerprint density at radius 1 is 0.784 bits per heavy atom. The maximum atomic E-state index is 13.6. The number of carboxylic acids is 3. The lowest BCUT2D eigenvalue weighted by atomic mass is 9.98. The highest BCUT2D eigenvalue weighted by atomic mass is 16.5. The fraction of sp³-hybridized carbons (Fsp3) is 0.286. The normalized spacial score (nSPS) is 13.4. The molecular weight excluding hydrogens is 668 g/mol. The topological polar surface area (TPSA) is 261 Å². The number of aliphatic carboxylic acids is 2. The third-order valence-electron chi connectivity index (χ3n) is 8.08. The number of aromatic carboxylic acids is 1. The van der Waals surface area contributed by atoms with Gasteiger partial charge in [-0.05, 0) is 53.3 Å². The molecule has 16 nitrogen and oxygen atoms in total. The van der Waals surface area contributed by atoms with Crippen LogP contribution < -0.4 is 26.4 Å². The van der Waals surface area contributed by atoms with Crippen molar-refractivity contribution in [3.05, 3.63) is 89.0 Å². The first-order valence-electron chi connectivity index (χ1n) is 15.7. The smallest absolute Gasteiger partial charge is 0.407 e. The SMILES string of the molecule is C[C@H](NC(=O)[C@H](Cc1ccc(OCC(=O)O)c(C(=O)O)c1)NC(=O)[C@H](CCC(=O)O)NC(=O)OCC1c2ccccc2-c2ccccc21)C(N)=O. The molecule has 0 fully saturated rings. The number of primary amides is 1. The number of hydrogen-bond acceptors (Lipinski definition) is 9. The molecule has 0 aromatic heterocycles. The number of fused-ring (bicyclic) bond motifs is 3. The van der Waals surface area contributed by atoms with Crippen LogP contribution in [-0.2, 0) is 35.1 Å². The molecule has 3 aromatic rings. The zero-order valence-corrected chi connectivity index (χ0v) is 27.3. The lowest BCUT2D eigenvalue weighted by Gasteiger charge is -2.24. The van der Waals surface area contributed by atoms with Crippen molar-refractivity contribution < 1.29 is 58.4 Å². The molecule has 1 aliphatic carbocycles. The van der Waals surface area contributed by atoms with E-state index in [0.717, 1.165) is 28.3 Å². The van der Waals surface area contributed by atoms with Crippen LogP contribution in [0.1, 0.15) is 52.7 Å². The van der Waals surface area contributed by atoms with Crippen molar-refractivity contribution in [2.24, 2.45) is 5.73 Å². The summed E-state index contributed by atoms with van der Waals surface area (Å²) in [6.07, 6.45) is -2.32. The molecule has 0 unspecified atom stereocenters. The lowest BCUT2D eigenvalue weighted by molar-refractivity contribution is -0.139. The fourth-order valence-electron chi connectivity index (χ4n) is 5.56. The number of carboxylic acid groups (broad SMARTS) is 3. The summed E-state index contributed by atoms with van der Waals surface area (Å²) in [6.45, 7) is 0.381. The van der Waals surface area contributed by atoms with Crippen molar-refractivity contribution in [1.29, 1.82) is 0 Å². The van der Waals surface area contributed by atoms with E-state index in [0.29, 0.717) is 0 Å². The molecule has 0 heterocycles. The fourth-order valence-corrected chi connectivity index (χ4v) is 5.56. The highest BCUT2D eigenvalue weighted by Gasteiger charge is 2.32. The standard InChI is InChI=1S/C35H36N4O12/c1-18(31(36)44)37-33(46)27(15-19-10-12-28(50-17-30(42)43)24(14-19)34(47)48)38-32(45)26(11-13-29(40)41)39-35(49)51-16-25-22-8-4-2-6-20(22)21-7-3-5-9-23(21)25/h2-10,12,14,18,25-27H,11,13,15-17H2,1H3,(H2,36,44)(H,37,46)(H,38,45)(H,39,49)(H,40,41)(H,42,43)(H,47,48)/t18-,26-,27-/m0/s1. The minimum atomic E-state index is -1.50. The van der Waals surface area contributed by atoms with Crippen LogP contribution in [0.4, 0.5) is 4.79 Å². The van der Waals surface area contributed by atoms with Gasteiger partial charge in [0.1, 0.15) is 36.0 Å². The molecule has 0 spiro atoms. The van der Waals surface area contributed by atoms with Gasteiger partial charge in [-0.2, -0.15) is 0 Å². The van der Waals surface area contributed by atoms with Gasteiger partial charge >= 0.3 is 24.0 Å². The van der Waals surface area contributed by atoms with Crippen molar-refractivity contribution >= 4 is 41.7 Å². The van der Waals surface area contributed by atoms with Gasteiger partial charge in [0, 0.05) is 18.8 Å². The van der Waals surface area contributed by atoms with Crippen LogP contribution in [0.3, 0.4) is 0 Å². The van der Waals surface area contributed by atoms with E-state index < -0.39 is 84.9 Å². The molecule has 4 amide bonds. The molecule has 0 bridgehead atoms. The van der Waals surface area contributed by atoms with Crippen LogP contribution in [-0.4, -0.2) is 88.4 Å². The lowest BCUT2D eigenvalue weighted by Crippen LogP contribution is -2.56. The van der Waals surface area contributed by atoms with Gasteiger partial charge in [-0.15, -0.1) is 0 Å². The third kappa shape index (κ3) is 9.81. The van der Waals surface area contributed by atoms with E-state index in [2.05, 4.69) is 16.0 Å². The van der Waals surface area contributed by atoms with Crippen molar-refractivity contribution in [3.8, 4) is 16.9 Å². The van der Waals surface area contributed by atoms with Crippen molar-refractivity contribution in [1.82, 2.24) is 16.0 Å². The minimum Gasteiger partial charge on any atom is -0.481 e. The number of ether oxygens (including phenoxy) is 2. The number of benzene rings is 3. The molecule has 3 atom stereocenters. The van der Waals surface area contributed by atoms with Crippen LogP contribution in [0, 0.1) is 0 Å². The average Bonchev–Trinajstić information content (AvgIpc) is 3.41. The molecule has 8 N–H and O–H groups in total. The molecule has 0 aliphatic heterocycles. The summed E-state index contributed by atoms with van der Waals surface area (Å²) in [6, 6.07) is 14.7. The van der Waals surface area contributed by atoms with Gasteiger partial charge in [-0.3, -0.25) is 19.2 Å². The Bertz CT molecular complexity index is 1800. The summed E-state index contributed by atoms with van der Waals surface area (Å²) >= 11 is 0. The minimum absolute atomic E-state index is 0.0960. The number of nitrogens with one attached hydrogen (secondary N) is 3. The van der Waals surface area contributed by atoms with Crippen LogP contribution in [0.2, 0.25) is 0 Å². The molecule has 16 heteroatoms. The first-order chi connectivity index (χ1) is 24.2. The second-order valence-corrected chi connectivity index (χ2v) is 11.7. The molecule has 0 saturated carbocycles. The Kier molecular flexibility index (Phi) is 12.3. The number of nitrogens with two attached hydrogens (primary N) is 1. The zero-order chi connectivity index (χ0) is 37.2. The predicted octanol–water partition coefficient (Wildman–Crippen LogP) is 1.64. The first-order valence-corrected chi connectivity index (χ1v) is 15.7. The number of carbonyl (C=O) groups is 7. The summed E-state index contributed by atoms with van der Waals surface area (Å²) in [5.74, 6) is -7.41. The van der Waals surface area contributed by atoms with E-state index in [-0.39, 0.29) is 30.3 Å². The molecule has 268 valence electrons. The Hall–Kier alpha value is -6.45. The summed E-state index contributed by atoms with van der Waals surface area (Å²) < 4.78 is 10.6. The van der Waals surface area contributed by atoms with E-state index in [4.69, 9.17) is 20.3 Å². The average molecular weight is 705 g/mol. The zero-order valence-electron chi connectivity index (χ0n) is 27.3. The summed E-state index contributed by atoms with van der Waals surface area (Å²) in [5.41, 5.74) is 8.90. The van der Waals surface area contributed by atoms with Gasteiger partial charge in [0.05, 0.1) is 0 Å². The molecule has 0 radical (unpaired) electrons. The predicted molar refractivity (Wildman–Crippen MR) is 178 cm³/mol. The van der Waals surface area contributed by atoms with E-state index in [1.807, 2.05) is 48.5 Å². The Labute approximate surface area is 290 Å². The summed E-state index contributed by atoms with van der Waals surface area (Å²) in [4.78, 5) is 85.8. The van der Waals surface area contributed by atoms with Crippen LogP contribution in [0.25, 0.3) is 11.1 Å². The van der Waals surface area contributed by atoms with Gasteiger partial charge in [0.25, 0.3) is 0 Å². The molecule has 1 aliphatic rings. The Morgan fingerprint density at radius 2 is 1.39 bits per heavy atom. The van der Waals surface area contributed by atoms with Crippen LogP contribution in [0.5, 0.6) is 5.75 Å². The number of carbonyl (C=O) groups excluding carboxylic acids is 4. The molecule has 51 heavy (non-hydrogen) atoms. The largest absolute Gasteiger partial charge is 0.481 e. The number of rotatable bonds is 17. The van der Waals surface area contributed by atoms with Gasteiger partial charge in [0.15, 0.2) is 6.61 Å². The Morgan fingerprint density at radius 3 is 1.96 bits per heavy atom. The maximum absolute atomic E-state index is 13.6. The van der Waals surface area contributed by atoms with Crippen molar-refractivity contribution in [2.75, 3.05) is 13.2 Å². The van der Waals surface area contributed by atoms with Gasteiger partial charge in [0.2, 0.25) is 17.7 Å². The van der Waals surface area contributed by atoms with E-state index >= 15 is 0 Å². The second kappa shape index (κ2) is 16.8. The molecule has 0 saturated heterocycles. The van der Waals surface area contributed by atoms with Crippen LogP contribution >= 0.6 is 0 Å². The van der Waals surface area contributed by atoms with Crippen molar-refractivity contribution in [2.45, 2.75) is 50.2 Å². The number of amides is 4. The molecule has 4 rings (SSSR count). The molecule has 3 aromatic carbocycles. The Balaban J connectivity index is 1.52. The maximum Gasteiger partial charge on any atom is 0.407 e. The van der Waals surface area contributed by atoms with E-state index in [1.54, 1.807) is 0 Å². The monoisotopic (exact) mass is 704 g/mol. The van der Waals surface area contributed by atoms with Crippen molar-refractivity contribution in [3.63, 3.8) is 0 Å². The third-order valence-corrected chi connectivity index (χ3v) is 8.08. The van der Waals surface area contributed by atoms with Gasteiger partial charge in [-0.1, -0.05) is 54.6 Å². The van der Waals surface area contributed by atoms with E-state index in [1.165, 1.54) is 19.1 Å². The summed E-state index contributed by atoms with van der Waals surface area (Å²) in [7, 11) is 0. The molecular formula is C35H36N4O12. The van der Waals surface area contributed by atoms with Gasteiger partial charge < -0.3 is 46.5 Å². The second-order valence-electron chi connectivity index (χ2n) is 11.7. The van der Waals surface area contributed by atoms with Gasteiger partial charge in [-0.25, -0.2) is 14.4 Å². The van der Waals surface area contributed by atoms with E-state index in [9.17, 15) is 43.8 Å².